The first-order valence-corrected chi connectivity index (χ1v) is 16.4. The maximum Gasteiger partial charge on any atom is 0.244 e. The number of hydrogen-bond donors (Lipinski definition) is 1. The van der Waals surface area contributed by atoms with Crippen LogP contribution in [0, 0.1) is 6.92 Å². The van der Waals surface area contributed by atoms with Crippen LogP contribution in [0.5, 0.6) is 11.5 Å². The quantitative estimate of drug-likeness (QED) is 0.271. The van der Waals surface area contributed by atoms with Crippen molar-refractivity contribution in [3.63, 3.8) is 0 Å². The molecule has 1 heterocycles. The summed E-state index contributed by atoms with van der Waals surface area (Å²) in [5.74, 6) is -0.0392. The lowest BCUT2D eigenvalue weighted by molar-refractivity contribution is -0.140. The third-order valence-electron chi connectivity index (χ3n) is 7.37. The van der Waals surface area contributed by atoms with E-state index in [1.807, 2.05) is 68.4 Å². The van der Waals surface area contributed by atoms with Crippen LogP contribution < -0.4 is 19.1 Å². The number of hydrogen-bond acceptors (Lipinski definition) is 6. The van der Waals surface area contributed by atoms with Crippen LogP contribution in [0.15, 0.2) is 72.8 Å². The summed E-state index contributed by atoms with van der Waals surface area (Å²) in [6.45, 7) is 6.45. The maximum absolute atomic E-state index is 14.3. The first kappa shape index (κ1) is 31.9. The van der Waals surface area contributed by atoms with Crippen molar-refractivity contribution < 1.29 is 27.5 Å². The molecule has 1 atom stereocenters. The fourth-order valence-electron chi connectivity index (χ4n) is 4.86. The first-order chi connectivity index (χ1) is 20.7. The Labute approximate surface area is 254 Å². The number of fused-ring (bicyclic) bond motifs is 1. The Morgan fingerprint density at radius 1 is 0.907 bits per heavy atom. The molecular weight excluding hydrogens is 566 g/mol. The van der Waals surface area contributed by atoms with Crippen LogP contribution in [0.25, 0.3) is 0 Å². The molecule has 1 aliphatic rings. The molecule has 0 aliphatic carbocycles. The van der Waals surface area contributed by atoms with E-state index < -0.39 is 28.5 Å². The van der Waals surface area contributed by atoms with Gasteiger partial charge in [0.05, 0.1) is 11.4 Å². The van der Waals surface area contributed by atoms with Crippen molar-refractivity contribution in [3.8, 4) is 11.5 Å². The molecule has 4 rings (SSSR count). The van der Waals surface area contributed by atoms with E-state index in [2.05, 4.69) is 5.32 Å². The molecule has 2 amide bonds. The molecule has 9 nitrogen and oxygen atoms in total. The second-order valence-corrected chi connectivity index (χ2v) is 12.8. The van der Waals surface area contributed by atoms with Gasteiger partial charge in [-0.25, -0.2) is 8.42 Å². The molecule has 3 aromatic rings. The highest BCUT2D eigenvalue weighted by molar-refractivity contribution is 7.92. The molecule has 0 aromatic heterocycles. The van der Waals surface area contributed by atoms with E-state index in [4.69, 9.17) is 9.47 Å². The molecule has 0 unspecified atom stereocenters. The molecule has 0 radical (unpaired) electrons. The van der Waals surface area contributed by atoms with Gasteiger partial charge in [-0.15, -0.1) is 0 Å². The van der Waals surface area contributed by atoms with Gasteiger partial charge in [-0.05, 0) is 43.5 Å². The van der Waals surface area contributed by atoms with E-state index >= 15 is 0 Å². The number of benzene rings is 3. The molecule has 0 spiro atoms. The maximum atomic E-state index is 14.3. The molecule has 10 heteroatoms. The topological polar surface area (TPSA) is 105 Å². The fourth-order valence-corrected chi connectivity index (χ4v) is 5.91. The lowest BCUT2D eigenvalue weighted by atomic mass is 10.0. The highest BCUT2D eigenvalue weighted by Crippen LogP contribution is 2.35. The van der Waals surface area contributed by atoms with Crippen LogP contribution in [0.3, 0.4) is 0 Å². The molecule has 1 aliphatic heterocycles. The number of anilines is 1. The summed E-state index contributed by atoms with van der Waals surface area (Å²) >= 11 is 0. The van der Waals surface area contributed by atoms with Crippen molar-refractivity contribution in [2.24, 2.45) is 0 Å². The Hall–Kier alpha value is -4.05. The number of nitrogens with one attached hydrogen (secondary N) is 1. The van der Waals surface area contributed by atoms with Gasteiger partial charge in [0.25, 0.3) is 0 Å². The zero-order valence-electron chi connectivity index (χ0n) is 25.1. The van der Waals surface area contributed by atoms with Crippen molar-refractivity contribution in [1.82, 2.24) is 10.2 Å². The van der Waals surface area contributed by atoms with Gasteiger partial charge in [0.2, 0.25) is 21.8 Å². The van der Waals surface area contributed by atoms with Crippen molar-refractivity contribution in [2.75, 3.05) is 36.4 Å². The van der Waals surface area contributed by atoms with Crippen LogP contribution in [0.1, 0.15) is 43.4 Å². The van der Waals surface area contributed by atoms with E-state index in [1.54, 1.807) is 18.2 Å². The van der Waals surface area contributed by atoms with Crippen LogP contribution in [0.2, 0.25) is 0 Å². The lowest BCUT2D eigenvalue weighted by Gasteiger charge is -2.34. The minimum Gasteiger partial charge on any atom is -0.486 e. The van der Waals surface area contributed by atoms with Gasteiger partial charge in [0.1, 0.15) is 25.8 Å². The highest BCUT2D eigenvalue weighted by Gasteiger charge is 2.34. The van der Waals surface area contributed by atoms with Gasteiger partial charge in [-0.3, -0.25) is 13.9 Å². The van der Waals surface area contributed by atoms with E-state index in [0.29, 0.717) is 36.9 Å². The smallest absolute Gasteiger partial charge is 0.244 e. The number of rotatable bonds is 14. The number of carbonyl (C=O) groups is 2. The van der Waals surface area contributed by atoms with Gasteiger partial charge in [-0.2, -0.15) is 0 Å². The summed E-state index contributed by atoms with van der Waals surface area (Å²) < 4.78 is 39.2. The normalized spacial score (nSPS) is 13.2. The SMILES string of the molecule is CCCCNC(=O)[C@@H](Cc1ccccc1)N(Cc1ccc(C)cc1)C(=O)CN(c1ccc2c(c1)OCCO2)S(=O)(=O)CC. The van der Waals surface area contributed by atoms with E-state index in [-0.39, 0.29) is 24.6 Å². The summed E-state index contributed by atoms with van der Waals surface area (Å²) in [4.78, 5) is 29.5. The number of aryl methyl sites for hydroxylation is 1. The van der Waals surface area contributed by atoms with E-state index in [9.17, 15) is 18.0 Å². The molecule has 1 N–H and O–H groups in total. The second kappa shape index (κ2) is 14.9. The number of sulfonamides is 1. The minimum atomic E-state index is -3.88. The van der Waals surface area contributed by atoms with Gasteiger partial charge in [-0.1, -0.05) is 73.5 Å². The Kier molecular flexibility index (Phi) is 11.1. The highest BCUT2D eigenvalue weighted by atomic mass is 32.2. The molecule has 0 bridgehead atoms. The summed E-state index contributed by atoms with van der Waals surface area (Å²) in [5, 5.41) is 3.00. The molecule has 43 heavy (non-hydrogen) atoms. The molecule has 230 valence electrons. The molecule has 0 fully saturated rings. The van der Waals surface area contributed by atoms with Gasteiger partial charge in [0, 0.05) is 25.6 Å². The zero-order chi connectivity index (χ0) is 30.8. The van der Waals surface area contributed by atoms with Gasteiger partial charge < -0.3 is 19.7 Å². The predicted molar refractivity (Wildman–Crippen MR) is 168 cm³/mol. The van der Waals surface area contributed by atoms with Crippen molar-refractivity contribution in [1.29, 1.82) is 0 Å². The van der Waals surface area contributed by atoms with Crippen LogP contribution in [0.4, 0.5) is 5.69 Å². The first-order valence-electron chi connectivity index (χ1n) is 14.8. The van der Waals surface area contributed by atoms with Crippen LogP contribution in [-0.2, 0) is 32.6 Å². The second-order valence-electron chi connectivity index (χ2n) is 10.6. The van der Waals surface area contributed by atoms with Crippen LogP contribution >= 0.6 is 0 Å². The number of carbonyl (C=O) groups excluding carboxylic acids is 2. The Morgan fingerprint density at radius 3 is 2.28 bits per heavy atom. The largest absolute Gasteiger partial charge is 0.486 e. The zero-order valence-corrected chi connectivity index (χ0v) is 25.9. The van der Waals surface area contributed by atoms with E-state index in [0.717, 1.165) is 33.8 Å². The number of nitrogens with zero attached hydrogens (tertiary/aromatic N) is 2. The Bertz CT molecular complexity index is 1480. The predicted octanol–water partition coefficient (Wildman–Crippen LogP) is 4.48. The van der Waals surface area contributed by atoms with Crippen molar-refractivity contribution in [2.45, 2.75) is 52.6 Å². The Morgan fingerprint density at radius 2 is 1.60 bits per heavy atom. The van der Waals surface area contributed by atoms with Gasteiger partial charge >= 0.3 is 0 Å². The van der Waals surface area contributed by atoms with Crippen molar-refractivity contribution in [3.05, 3.63) is 89.5 Å². The number of unbranched alkanes of at least 4 members (excludes halogenated alkanes) is 1. The van der Waals surface area contributed by atoms with Gasteiger partial charge in [0.15, 0.2) is 11.5 Å². The molecular formula is C33H41N3O6S. The third-order valence-corrected chi connectivity index (χ3v) is 9.11. The third kappa shape index (κ3) is 8.50. The number of amides is 2. The standard InChI is InChI=1S/C33H41N3O6S/c1-4-6-18-34-33(38)29(21-26-10-8-7-9-11-26)35(23-27-14-12-25(3)13-15-27)32(37)24-36(43(39,40)5-2)28-16-17-30-31(22-28)42-20-19-41-30/h7-17,22,29H,4-6,18-21,23-24H2,1-3H3,(H,34,38)/t29-/m1/s1. The monoisotopic (exact) mass is 607 g/mol. The van der Waals surface area contributed by atoms with Crippen molar-refractivity contribution >= 4 is 27.5 Å². The Balaban J connectivity index is 1.72. The van der Waals surface area contributed by atoms with E-state index in [1.165, 1.54) is 11.8 Å². The summed E-state index contributed by atoms with van der Waals surface area (Å²) in [5.41, 5.74) is 3.09. The average molecular weight is 608 g/mol. The molecule has 0 saturated carbocycles. The molecule has 3 aromatic carbocycles. The lowest BCUT2D eigenvalue weighted by Crippen LogP contribution is -2.53. The minimum absolute atomic E-state index is 0.138. The summed E-state index contributed by atoms with van der Waals surface area (Å²) in [7, 11) is -3.88. The van der Waals surface area contributed by atoms with Crippen LogP contribution in [-0.4, -0.2) is 63.2 Å². The average Bonchev–Trinajstić information content (AvgIpc) is 3.02. The molecule has 0 saturated heterocycles. The summed E-state index contributed by atoms with van der Waals surface area (Å²) in [6.07, 6.45) is 2.00. The fraction of sp³-hybridized carbons (Fsp3) is 0.394. The number of ether oxygens (including phenoxy) is 2. The summed E-state index contributed by atoms with van der Waals surface area (Å²) in [6, 6.07) is 21.3.